The van der Waals surface area contributed by atoms with Crippen LogP contribution in [0.3, 0.4) is 0 Å². The first-order valence-electron chi connectivity index (χ1n) is 4.39. The minimum absolute atomic E-state index is 0.0569. The molecular weight excluding hydrogens is 206 g/mol. The van der Waals surface area contributed by atoms with Crippen molar-refractivity contribution in [1.29, 1.82) is 0 Å². The van der Waals surface area contributed by atoms with Gasteiger partial charge in [0.2, 0.25) is 10.9 Å². The van der Waals surface area contributed by atoms with E-state index < -0.39 is 16.1 Å². The summed E-state index contributed by atoms with van der Waals surface area (Å²) >= 11 is 5.22. The van der Waals surface area contributed by atoms with Crippen LogP contribution in [-0.4, -0.2) is 10.2 Å². The van der Waals surface area contributed by atoms with E-state index in [4.69, 9.17) is 11.6 Å². The third-order valence-corrected chi connectivity index (χ3v) is 2.04. The van der Waals surface area contributed by atoms with Crippen molar-refractivity contribution >= 4 is 16.8 Å². The van der Waals surface area contributed by atoms with Gasteiger partial charge in [0.05, 0.1) is 4.92 Å². The molecular formula is C9H14ClNO3. The van der Waals surface area contributed by atoms with Gasteiger partial charge >= 0.3 is 0 Å². The van der Waals surface area contributed by atoms with E-state index in [0.29, 0.717) is 0 Å². The van der Waals surface area contributed by atoms with Crippen LogP contribution in [0.25, 0.3) is 0 Å². The van der Waals surface area contributed by atoms with Gasteiger partial charge in [-0.05, 0) is 23.6 Å². The second kappa shape index (κ2) is 5.75. The molecule has 80 valence electrons. The summed E-state index contributed by atoms with van der Waals surface area (Å²) in [6.45, 7) is 5.26. The molecule has 14 heavy (non-hydrogen) atoms. The van der Waals surface area contributed by atoms with E-state index in [9.17, 15) is 14.9 Å². The standard InChI is InChI=1S/C9H14ClNO3/c1-6(2)4-8(11(13)14)5-7(3)9(10)12/h4,6-7H,5H2,1-3H3/b8-4+. The van der Waals surface area contributed by atoms with Gasteiger partial charge in [-0.15, -0.1) is 0 Å². The second-order valence-electron chi connectivity index (χ2n) is 3.57. The average molecular weight is 220 g/mol. The Kier molecular flexibility index (Phi) is 5.38. The maximum atomic E-state index is 10.7. The fourth-order valence-corrected chi connectivity index (χ4v) is 1.06. The first kappa shape index (κ1) is 13.1. The van der Waals surface area contributed by atoms with E-state index in [1.807, 2.05) is 13.8 Å². The Labute approximate surface area is 88.1 Å². The fourth-order valence-electron chi connectivity index (χ4n) is 0.982. The van der Waals surface area contributed by atoms with Gasteiger partial charge in [-0.25, -0.2) is 0 Å². The lowest BCUT2D eigenvalue weighted by molar-refractivity contribution is -0.429. The summed E-state index contributed by atoms with van der Waals surface area (Å²) in [7, 11) is 0. The van der Waals surface area contributed by atoms with Crippen molar-refractivity contribution in [1.82, 2.24) is 0 Å². The highest BCUT2D eigenvalue weighted by atomic mass is 35.5. The summed E-state index contributed by atoms with van der Waals surface area (Å²) < 4.78 is 0. The lowest BCUT2D eigenvalue weighted by Gasteiger charge is -2.04. The predicted octanol–water partition coefficient (Wildman–Crippen LogP) is 2.59. The minimum Gasteiger partial charge on any atom is -0.281 e. The maximum Gasteiger partial charge on any atom is 0.243 e. The van der Waals surface area contributed by atoms with Gasteiger partial charge in [0.25, 0.3) is 0 Å². The van der Waals surface area contributed by atoms with Gasteiger partial charge in [-0.1, -0.05) is 20.8 Å². The predicted molar refractivity (Wildman–Crippen MR) is 54.6 cm³/mol. The molecule has 0 saturated heterocycles. The summed E-state index contributed by atoms with van der Waals surface area (Å²) in [6, 6.07) is 0. The van der Waals surface area contributed by atoms with Crippen molar-refractivity contribution in [2.45, 2.75) is 27.2 Å². The molecule has 0 radical (unpaired) electrons. The highest BCUT2D eigenvalue weighted by Crippen LogP contribution is 2.16. The van der Waals surface area contributed by atoms with Crippen LogP contribution in [0.2, 0.25) is 0 Å². The van der Waals surface area contributed by atoms with Crippen LogP contribution in [0.4, 0.5) is 0 Å². The summed E-state index contributed by atoms with van der Waals surface area (Å²) in [4.78, 5) is 20.8. The van der Waals surface area contributed by atoms with E-state index in [-0.39, 0.29) is 18.0 Å². The molecule has 0 heterocycles. The molecule has 0 N–H and O–H groups in total. The SMILES string of the molecule is CC(C)/C=C(\CC(C)C(=O)Cl)[N+](=O)[O-]. The van der Waals surface area contributed by atoms with E-state index in [2.05, 4.69) is 0 Å². The molecule has 0 rings (SSSR count). The number of carbonyl (C=O) groups is 1. The van der Waals surface area contributed by atoms with Crippen molar-refractivity contribution in [3.8, 4) is 0 Å². The van der Waals surface area contributed by atoms with Crippen LogP contribution in [-0.2, 0) is 4.79 Å². The third-order valence-electron chi connectivity index (χ3n) is 1.66. The van der Waals surface area contributed by atoms with Gasteiger partial charge in [-0.3, -0.25) is 14.9 Å². The van der Waals surface area contributed by atoms with E-state index in [1.54, 1.807) is 6.92 Å². The molecule has 0 amide bonds. The Bertz CT molecular complexity index is 261. The van der Waals surface area contributed by atoms with Crippen molar-refractivity contribution < 1.29 is 9.72 Å². The molecule has 0 fully saturated rings. The second-order valence-corrected chi connectivity index (χ2v) is 3.94. The van der Waals surface area contributed by atoms with Crippen LogP contribution < -0.4 is 0 Å². The molecule has 0 saturated carbocycles. The number of carbonyl (C=O) groups excluding carboxylic acids is 1. The Morgan fingerprint density at radius 2 is 2.00 bits per heavy atom. The monoisotopic (exact) mass is 219 g/mol. The summed E-state index contributed by atoms with van der Waals surface area (Å²) in [5.74, 6) is -0.417. The minimum atomic E-state index is -0.540. The van der Waals surface area contributed by atoms with Crippen LogP contribution in [0, 0.1) is 22.0 Å². The number of hydrogen-bond acceptors (Lipinski definition) is 3. The zero-order valence-corrected chi connectivity index (χ0v) is 9.25. The van der Waals surface area contributed by atoms with Crippen LogP contribution in [0.5, 0.6) is 0 Å². The van der Waals surface area contributed by atoms with E-state index >= 15 is 0 Å². The Balaban J connectivity index is 4.55. The Hall–Kier alpha value is -0.900. The van der Waals surface area contributed by atoms with Gasteiger partial charge in [0, 0.05) is 12.3 Å². The van der Waals surface area contributed by atoms with Gasteiger partial charge < -0.3 is 0 Å². The molecule has 0 aromatic heterocycles. The highest BCUT2D eigenvalue weighted by Gasteiger charge is 2.19. The van der Waals surface area contributed by atoms with Crippen LogP contribution in [0.15, 0.2) is 11.8 Å². The molecule has 0 aliphatic heterocycles. The zero-order valence-electron chi connectivity index (χ0n) is 8.49. The topological polar surface area (TPSA) is 60.2 Å². The number of nitro groups is 1. The molecule has 0 spiro atoms. The third kappa shape index (κ3) is 4.97. The van der Waals surface area contributed by atoms with Gasteiger partial charge in [0.15, 0.2) is 0 Å². The number of allylic oxidation sites excluding steroid dienone is 2. The molecule has 0 aromatic rings. The van der Waals surface area contributed by atoms with Gasteiger partial charge in [0.1, 0.15) is 0 Å². The average Bonchev–Trinajstić information content (AvgIpc) is 2.01. The number of halogens is 1. The van der Waals surface area contributed by atoms with E-state index in [1.165, 1.54) is 6.08 Å². The first-order chi connectivity index (χ1) is 6.34. The van der Waals surface area contributed by atoms with Crippen molar-refractivity contribution in [3.63, 3.8) is 0 Å². The molecule has 1 unspecified atom stereocenters. The molecule has 0 aliphatic carbocycles. The summed E-state index contributed by atoms with van der Waals surface area (Å²) in [5, 5.41) is 10.0. The lowest BCUT2D eigenvalue weighted by atomic mass is 10.0. The maximum absolute atomic E-state index is 10.7. The van der Waals surface area contributed by atoms with Crippen LogP contribution >= 0.6 is 11.6 Å². The Morgan fingerprint density at radius 3 is 2.29 bits per heavy atom. The molecule has 1 atom stereocenters. The van der Waals surface area contributed by atoms with Crippen molar-refractivity contribution in [2.24, 2.45) is 11.8 Å². The normalized spacial score (nSPS) is 14.2. The first-order valence-corrected chi connectivity index (χ1v) is 4.76. The zero-order chi connectivity index (χ0) is 11.3. The highest BCUT2D eigenvalue weighted by molar-refractivity contribution is 6.63. The van der Waals surface area contributed by atoms with Gasteiger partial charge in [-0.2, -0.15) is 0 Å². The molecule has 5 heteroatoms. The number of rotatable bonds is 5. The fraction of sp³-hybridized carbons (Fsp3) is 0.667. The quantitative estimate of drug-likeness (QED) is 0.406. The largest absolute Gasteiger partial charge is 0.281 e. The van der Waals surface area contributed by atoms with E-state index in [0.717, 1.165) is 0 Å². The summed E-state index contributed by atoms with van der Waals surface area (Å²) in [6.07, 6.45) is 1.63. The molecule has 4 nitrogen and oxygen atoms in total. The smallest absolute Gasteiger partial charge is 0.243 e. The molecule has 0 aromatic carbocycles. The molecule has 0 aliphatic rings. The van der Waals surface area contributed by atoms with Crippen molar-refractivity contribution in [3.05, 3.63) is 21.9 Å². The number of hydrogen-bond donors (Lipinski definition) is 0. The number of nitrogens with zero attached hydrogens (tertiary/aromatic N) is 1. The lowest BCUT2D eigenvalue weighted by Crippen LogP contribution is -2.10. The summed E-state index contributed by atoms with van der Waals surface area (Å²) in [5.41, 5.74) is 0.0569. The Morgan fingerprint density at radius 1 is 1.50 bits per heavy atom. The van der Waals surface area contributed by atoms with Crippen LogP contribution in [0.1, 0.15) is 27.2 Å². The van der Waals surface area contributed by atoms with Crippen molar-refractivity contribution in [2.75, 3.05) is 0 Å². The molecule has 0 bridgehead atoms.